The van der Waals surface area contributed by atoms with Crippen LogP contribution < -0.4 is 5.32 Å². The molecule has 1 N–H and O–H groups in total. The van der Waals surface area contributed by atoms with E-state index in [-0.39, 0.29) is 11.7 Å². The molecule has 0 aliphatic heterocycles. The number of aromatic nitrogens is 6. The number of fused-ring (bicyclic) bond motifs is 1. The van der Waals surface area contributed by atoms with E-state index >= 15 is 0 Å². The summed E-state index contributed by atoms with van der Waals surface area (Å²) in [5, 5.41) is 20.4. The maximum absolute atomic E-state index is 12.1. The highest BCUT2D eigenvalue weighted by molar-refractivity contribution is 7.99. The minimum absolute atomic E-state index is 0.0526. The van der Waals surface area contributed by atoms with Crippen molar-refractivity contribution in [2.24, 2.45) is 0 Å². The Morgan fingerprint density at radius 3 is 2.82 bits per heavy atom. The van der Waals surface area contributed by atoms with E-state index < -0.39 is 0 Å². The Balaban J connectivity index is 1.26. The molecule has 0 fully saturated rings. The summed E-state index contributed by atoms with van der Waals surface area (Å²) in [5.41, 5.74) is 2.85. The average Bonchev–Trinajstić information content (AvgIpc) is 3.32. The molecule has 1 amide bonds. The standard InChI is InChI=1S/C19H19N7OS/c1-14-22-23-17-7-8-19(24-26(14)17)28-13-18(27)20-9-16-10-21-25(12-16)11-15-5-3-2-4-6-15/h2-8,10,12H,9,11,13H2,1H3,(H,20,27). The molecule has 8 nitrogen and oxygen atoms in total. The van der Waals surface area contributed by atoms with Gasteiger partial charge in [0.2, 0.25) is 5.91 Å². The molecule has 4 rings (SSSR count). The fourth-order valence-corrected chi connectivity index (χ4v) is 3.39. The highest BCUT2D eigenvalue weighted by Crippen LogP contribution is 2.15. The predicted octanol–water partition coefficient (Wildman–Crippen LogP) is 2.09. The smallest absolute Gasteiger partial charge is 0.230 e. The van der Waals surface area contributed by atoms with E-state index in [2.05, 4.69) is 37.8 Å². The summed E-state index contributed by atoms with van der Waals surface area (Å²) in [6, 6.07) is 13.8. The fourth-order valence-electron chi connectivity index (χ4n) is 2.70. The molecule has 0 radical (unpaired) electrons. The molecule has 9 heteroatoms. The molecule has 1 aromatic carbocycles. The van der Waals surface area contributed by atoms with Gasteiger partial charge in [-0.2, -0.15) is 14.7 Å². The van der Waals surface area contributed by atoms with Gasteiger partial charge in [-0.1, -0.05) is 42.1 Å². The minimum atomic E-state index is -0.0526. The number of thioether (sulfide) groups is 1. The number of rotatable bonds is 7. The Kier molecular flexibility index (Phi) is 5.34. The van der Waals surface area contributed by atoms with Crippen LogP contribution in [-0.4, -0.2) is 41.3 Å². The number of nitrogens with zero attached hydrogens (tertiary/aromatic N) is 6. The lowest BCUT2D eigenvalue weighted by Crippen LogP contribution is -2.24. The number of nitrogens with one attached hydrogen (secondary N) is 1. The number of amides is 1. The van der Waals surface area contributed by atoms with Gasteiger partial charge in [0.05, 0.1) is 18.5 Å². The topological polar surface area (TPSA) is 90.0 Å². The normalized spacial score (nSPS) is 11.0. The summed E-state index contributed by atoms with van der Waals surface area (Å²) in [4.78, 5) is 12.1. The SMILES string of the molecule is Cc1nnc2ccc(SCC(=O)NCc3cnn(Cc4ccccc4)c3)nn12. The number of benzene rings is 1. The number of carbonyl (C=O) groups excluding carboxylic acids is 1. The van der Waals surface area contributed by atoms with E-state index in [0.717, 1.165) is 16.4 Å². The number of hydrogen-bond acceptors (Lipinski definition) is 6. The monoisotopic (exact) mass is 393 g/mol. The summed E-state index contributed by atoms with van der Waals surface area (Å²) < 4.78 is 3.54. The second-order valence-electron chi connectivity index (χ2n) is 6.29. The van der Waals surface area contributed by atoms with Gasteiger partial charge in [0.15, 0.2) is 11.5 Å². The third kappa shape index (κ3) is 4.37. The van der Waals surface area contributed by atoms with Gasteiger partial charge in [-0.25, -0.2) is 0 Å². The summed E-state index contributed by atoms with van der Waals surface area (Å²) in [5.74, 6) is 0.954. The molecule has 0 aliphatic carbocycles. The first-order valence-corrected chi connectivity index (χ1v) is 9.80. The Morgan fingerprint density at radius 1 is 1.11 bits per heavy atom. The average molecular weight is 393 g/mol. The van der Waals surface area contributed by atoms with Crippen LogP contribution in [0.3, 0.4) is 0 Å². The molecule has 0 spiro atoms. The van der Waals surface area contributed by atoms with Crippen LogP contribution in [-0.2, 0) is 17.9 Å². The molecule has 4 aromatic rings. The van der Waals surface area contributed by atoms with Crippen molar-refractivity contribution in [2.45, 2.75) is 25.0 Å². The highest BCUT2D eigenvalue weighted by atomic mass is 32.2. The maximum Gasteiger partial charge on any atom is 0.230 e. The van der Waals surface area contributed by atoms with Gasteiger partial charge in [-0.05, 0) is 24.6 Å². The van der Waals surface area contributed by atoms with Gasteiger partial charge in [-0.15, -0.1) is 10.2 Å². The Morgan fingerprint density at radius 2 is 1.96 bits per heavy atom. The van der Waals surface area contributed by atoms with Crippen LogP contribution in [0, 0.1) is 6.92 Å². The van der Waals surface area contributed by atoms with Crippen LogP contribution in [0.25, 0.3) is 5.65 Å². The summed E-state index contributed by atoms with van der Waals surface area (Å²) in [6.45, 7) is 3.00. The third-order valence-electron chi connectivity index (χ3n) is 4.11. The van der Waals surface area contributed by atoms with Crippen molar-refractivity contribution in [3.05, 3.63) is 71.8 Å². The van der Waals surface area contributed by atoms with E-state index in [1.165, 1.54) is 17.3 Å². The van der Waals surface area contributed by atoms with Crippen molar-refractivity contribution < 1.29 is 4.79 Å². The van der Waals surface area contributed by atoms with Gasteiger partial charge in [0, 0.05) is 18.3 Å². The molecular formula is C19H19N7OS. The van der Waals surface area contributed by atoms with Crippen LogP contribution in [0.4, 0.5) is 0 Å². The van der Waals surface area contributed by atoms with Crippen molar-refractivity contribution in [3.8, 4) is 0 Å². The van der Waals surface area contributed by atoms with Crippen molar-refractivity contribution in [2.75, 3.05) is 5.75 Å². The van der Waals surface area contributed by atoms with E-state index in [0.29, 0.717) is 18.7 Å². The third-order valence-corrected chi connectivity index (χ3v) is 5.03. The molecule has 0 aliphatic rings. The van der Waals surface area contributed by atoms with Crippen molar-refractivity contribution >= 4 is 23.3 Å². The Labute approximate surface area is 166 Å². The van der Waals surface area contributed by atoms with Crippen molar-refractivity contribution in [1.29, 1.82) is 0 Å². The zero-order valence-electron chi connectivity index (χ0n) is 15.3. The van der Waals surface area contributed by atoms with Crippen LogP contribution in [0.15, 0.2) is 59.9 Å². The van der Waals surface area contributed by atoms with Gasteiger partial charge >= 0.3 is 0 Å². The number of aryl methyl sites for hydroxylation is 1. The molecule has 0 atom stereocenters. The lowest BCUT2D eigenvalue weighted by molar-refractivity contribution is -0.118. The predicted molar refractivity (Wildman–Crippen MR) is 106 cm³/mol. The minimum Gasteiger partial charge on any atom is -0.351 e. The summed E-state index contributed by atoms with van der Waals surface area (Å²) >= 11 is 1.38. The van der Waals surface area contributed by atoms with Gasteiger partial charge in [0.25, 0.3) is 0 Å². The molecule has 0 unspecified atom stereocenters. The fraction of sp³-hybridized carbons (Fsp3) is 0.211. The van der Waals surface area contributed by atoms with Crippen molar-refractivity contribution in [1.82, 2.24) is 34.9 Å². The Hall–Kier alpha value is -3.20. The molecule has 3 heterocycles. The highest BCUT2D eigenvalue weighted by Gasteiger charge is 2.08. The quantitative estimate of drug-likeness (QED) is 0.484. The number of hydrogen-bond donors (Lipinski definition) is 1. The van der Waals surface area contributed by atoms with Gasteiger partial charge < -0.3 is 5.32 Å². The molecule has 28 heavy (non-hydrogen) atoms. The maximum atomic E-state index is 12.1. The van der Waals surface area contributed by atoms with Crippen LogP contribution >= 0.6 is 11.8 Å². The summed E-state index contributed by atoms with van der Waals surface area (Å²) in [7, 11) is 0. The molecule has 0 bridgehead atoms. The van der Waals surface area contributed by atoms with E-state index in [1.54, 1.807) is 10.7 Å². The Bertz CT molecular complexity index is 1090. The van der Waals surface area contributed by atoms with Crippen LogP contribution in [0.1, 0.15) is 17.0 Å². The first kappa shape index (κ1) is 18.2. The molecular weight excluding hydrogens is 374 g/mol. The molecule has 0 saturated heterocycles. The largest absolute Gasteiger partial charge is 0.351 e. The van der Waals surface area contributed by atoms with Crippen LogP contribution in [0.5, 0.6) is 0 Å². The van der Waals surface area contributed by atoms with Crippen molar-refractivity contribution in [3.63, 3.8) is 0 Å². The molecule has 3 aromatic heterocycles. The van der Waals surface area contributed by atoms with Gasteiger partial charge in [-0.3, -0.25) is 9.48 Å². The molecule has 0 saturated carbocycles. The number of carbonyl (C=O) groups is 1. The summed E-state index contributed by atoms with van der Waals surface area (Å²) in [6.07, 6.45) is 3.73. The zero-order chi connectivity index (χ0) is 19.3. The van der Waals surface area contributed by atoms with E-state index in [4.69, 9.17) is 0 Å². The second kappa shape index (κ2) is 8.22. The second-order valence-corrected chi connectivity index (χ2v) is 7.28. The lowest BCUT2D eigenvalue weighted by atomic mass is 10.2. The van der Waals surface area contributed by atoms with E-state index in [1.807, 2.05) is 48.1 Å². The molecule has 142 valence electrons. The zero-order valence-corrected chi connectivity index (χ0v) is 16.1. The van der Waals surface area contributed by atoms with Gasteiger partial charge in [0.1, 0.15) is 5.03 Å². The first-order valence-electron chi connectivity index (χ1n) is 8.81. The first-order chi connectivity index (χ1) is 13.7. The van der Waals surface area contributed by atoms with E-state index in [9.17, 15) is 4.79 Å². The van der Waals surface area contributed by atoms with Crippen LogP contribution in [0.2, 0.25) is 0 Å². The lowest BCUT2D eigenvalue weighted by Gasteiger charge is -2.04.